The van der Waals surface area contributed by atoms with Crippen LogP contribution in [0, 0.1) is 17.2 Å². The third-order valence-corrected chi connectivity index (χ3v) is 3.61. The molecule has 1 saturated heterocycles. The van der Waals surface area contributed by atoms with Gasteiger partial charge in [0.05, 0.1) is 24.7 Å². The van der Waals surface area contributed by atoms with Crippen LogP contribution in [0.1, 0.15) is 24.0 Å². The summed E-state index contributed by atoms with van der Waals surface area (Å²) in [6.07, 6.45) is 1.73. The number of nitriles is 1. The topological polar surface area (TPSA) is 53.3 Å². The van der Waals surface area contributed by atoms with Gasteiger partial charge in [0, 0.05) is 6.54 Å². The van der Waals surface area contributed by atoms with Gasteiger partial charge >= 0.3 is 5.97 Å². The molecule has 0 radical (unpaired) electrons. The number of carbonyl (C=O) groups is 1. The summed E-state index contributed by atoms with van der Waals surface area (Å²) in [6, 6.07) is 9.79. The number of carbonyl (C=O) groups excluding carboxylic acids is 1. The largest absolute Gasteiger partial charge is 0.469 e. The Morgan fingerprint density at radius 2 is 2.00 bits per heavy atom. The number of hydrogen-bond donors (Lipinski definition) is 0. The van der Waals surface area contributed by atoms with Crippen LogP contribution in [-0.2, 0) is 16.1 Å². The predicted octanol–water partition coefficient (Wildman–Crippen LogP) is 1.94. The Kier molecular flexibility index (Phi) is 4.53. The molecule has 19 heavy (non-hydrogen) atoms. The van der Waals surface area contributed by atoms with Crippen molar-refractivity contribution in [3.05, 3.63) is 35.4 Å². The maximum Gasteiger partial charge on any atom is 0.308 e. The van der Waals surface area contributed by atoms with Gasteiger partial charge in [-0.05, 0) is 43.6 Å². The lowest BCUT2D eigenvalue weighted by molar-refractivity contribution is -0.147. The van der Waals surface area contributed by atoms with Crippen molar-refractivity contribution in [1.29, 1.82) is 5.26 Å². The molecule has 1 heterocycles. The molecule has 100 valence electrons. The molecule has 4 heteroatoms. The van der Waals surface area contributed by atoms with Gasteiger partial charge < -0.3 is 4.74 Å². The van der Waals surface area contributed by atoms with Gasteiger partial charge in [-0.25, -0.2) is 0 Å². The average molecular weight is 258 g/mol. The van der Waals surface area contributed by atoms with Crippen molar-refractivity contribution in [3.63, 3.8) is 0 Å². The molecule has 0 unspecified atom stereocenters. The first-order valence-corrected chi connectivity index (χ1v) is 6.52. The smallest absolute Gasteiger partial charge is 0.308 e. The molecule has 1 aromatic rings. The molecular weight excluding hydrogens is 240 g/mol. The number of piperidine rings is 1. The monoisotopic (exact) mass is 258 g/mol. The summed E-state index contributed by atoms with van der Waals surface area (Å²) < 4.78 is 4.78. The lowest BCUT2D eigenvalue weighted by atomic mass is 9.96. The van der Waals surface area contributed by atoms with Crippen LogP contribution in [-0.4, -0.2) is 31.1 Å². The van der Waals surface area contributed by atoms with Gasteiger partial charge in [-0.1, -0.05) is 12.1 Å². The second kappa shape index (κ2) is 6.35. The van der Waals surface area contributed by atoms with Gasteiger partial charge in [0.2, 0.25) is 0 Å². The predicted molar refractivity (Wildman–Crippen MR) is 71.2 cm³/mol. The summed E-state index contributed by atoms with van der Waals surface area (Å²) in [5.74, 6) is -0.0276. The lowest BCUT2D eigenvalue weighted by Gasteiger charge is -2.30. The Bertz CT molecular complexity index is 468. The molecule has 2 rings (SSSR count). The van der Waals surface area contributed by atoms with Crippen LogP contribution in [0.15, 0.2) is 24.3 Å². The number of benzene rings is 1. The van der Waals surface area contributed by atoms with Crippen molar-refractivity contribution in [2.75, 3.05) is 20.2 Å². The zero-order chi connectivity index (χ0) is 13.7. The number of rotatable bonds is 3. The Balaban J connectivity index is 1.85. The first-order valence-electron chi connectivity index (χ1n) is 6.52. The van der Waals surface area contributed by atoms with E-state index in [1.165, 1.54) is 12.7 Å². The fourth-order valence-electron chi connectivity index (χ4n) is 2.44. The molecule has 0 aliphatic carbocycles. The van der Waals surface area contributed by atoms with E-state index >= 15 is 0 Å². The van der Waals surface area contributed by atoms with E-state index in [9.17, 15) is 4.79 Å². The van der Waals surface area contributed by atoms with Crippen LogP contribution in [0.25, 0.3) is 0 Å². The third-order valence-electron chi connectivity index (χ3n) is 3.61. The summed E-state index contributed by atoms with van der Waals surface area (Å²) in [7, 11) is 1.45. The van der Waals surface area contributed by atoms with Crippen molar-refractivity contribution in [1.82, 2.24) is 4.90 Å². The molecular formula is C15H18N2O2. The Morgan fingerprint density at radius 3 is 2.53 bits per heavy atom. The number of likely N-dealkylation sites (tertiary alicyclic amines) is 1. The van der Waals surface area contributed by atoms with Gasteiger partial charge in [-0.15, -0.1) is 0 Å². The normalized spacial score (nSPS) is 16.8. The lowest BCUT2D eigenvalue weighted by Crippen LogP contribution is -2.36. The van der Waals surface area contributed by atoms with E-state index in [0.29, 0.717) is 5.56 Å². The second-order valence-corrected chi connectivity index (χ2v) is 4.88. The highest BCUT2D eigenvalue weighted by Gasteiger charge is 2.25. The van der Waals surface area contributed by atoms with E-state index in [4.69, 9.17) is 10.00 Å². The molecule has 4 nitrogen and oxygen atoms in total. The van der Waals surface area contributed by atoms with Crippen molar-refractivity contribution < 1.29 is 9.53 Å². The molecule has 1 aliphatic heterocycles. The second-order valence-electron chi connectivity index (χ2n) is 4.88. The minimum atomic E-state index is -0.0852. The van der Waals surface area contributed by atoms with Crippen LogP contribution in [0.3, 0.4) is 0 Å². The number of esters is 1. The van der Waals surface area contributed by atoms with Gasteiger partial charge in [0.15, 0.2) is 0 Å². The summed E-state index contributed by atoms with van der Waals surface area (Å²) >= 11 is 0. The quantitative estimate of drug-likeness (QED) is 0.777. The van der Waals surface area contributed by atoms with Gasteiger partial charge in [-0.3, -0.25) is 9.69 Å². The molecule has 0 amide bonds. The maximum absolute atomic E-state index is 11.4. The van der Waals surface area contributed by atoms with E-state index in [0.717, 1.165) is 32.5 Å². The summed E-state index contributed by atoms with van der Waals surface area (Å²) in [6.45, 7) is 2.71. The van der Waals surface area contributed by atoms with Crippen LogP contribution in [0.2, 0.25) is 0 Å². The zero-order valence-electron chi connectivity index (χ0n) is 11.1. The van der Waals surface area contributed by atoms with Crippen molar-refractivity contribution in [2.45, 2.75) is 19.4 Å². The van der Waals surface area contributed by atoms with Crippen LogP contribution >= 0.6 is 0 Å². The van der Waals surface area contributed by atoms with E-state index < -0.39 is 0 Å². The first kappa shape index (κ1) is 13.6. The summed E-state index contributed by atoms with van der Waals surface area (Å²) in [5.41, 5.74) is 1.89. The molecule has 1 fully saturated rings. The van der Waals surface area contributed by atoms with Crippen molar-refractivity contribution in [2.24, 2.45) is 5.92 Å². The van der Waals surface area contributed by atoms with Crippen LogP contribution in [0.5, 0.6) is 0 Å². The average Bonchev–Trinajstić information content (AvgIpc) is 2.48. The first-order chi connectivity index (χ1) is 9.22. The highest BCUT2D eigenvalue weighted by Crippen LogP contribution is 2.20. The standard InChI is InChI=1S/C15H18N2O2/c1-19-15(18)14-6-8-17(9-7-14)11-13-4-2-12(10-16)3-5-13/h2-5,14H,6-9,11H2,1H3. The fourth-order valence-corrected chi connectivity index (χ4v) is 2.44. The number of nitrogens with zero attached hydrogens (tertiary/aromatic N) is 2. The highest BCUT2D eigenvalue weighted by molar-refractivity contribution is 5.72. The molecule has 1 aliphatic rings. The summed E-state index contributed by atoms with van der Waals surface area (Å²) in [5, 5.41) is 8.75. The molecule has 0 aromatic heterocycles. The highest BCUT2D eigenvalue weighted by atomic mass is 16.5. The molecule has 0 N–H and O–H groups in total. The number of ether oxygens (including phenoxy) is 1. The third kappa shape index (κ3) is 3.55. The van der Waals surface area contributed by atoms with E-state index in [1.54, 1.807) is 0 Å². The minimum absolute atomic E-state index is 0.0576. The number of hydrogen-bond acceptors (Lipinski definition) is 4. The molecule has 1 aromatic carbocycles. The Hall–Kier alpha value is -1.86. The molecule has 0 bridgehead atoms. The summed E-state index contributed by atoms with van der Waals surface area (Å²) in [4.78, 5) is 13.8. The SMILES string of the molecule is COC(=O)C1CCN(Cc2ccc(C#N)cc2)CC1. The van der Waals surface area contributed by atoms with E-state index in [1.807, 2.05) is 24.3 Å². The maximum atomic E-state index is 11.4. The van der Waals surface area contributed by atoms with E-state index in [2.05, 4.69) is 11.0 Å². The van der Waals surface area contributed by atoms with Crippen LogP contribution < -0.4 is 0 Å². The number of methoxy groups -OCH3 is 1. The van der Waals surface area contributed by atoms with Gasteiger partial charge in [-0.2, -0.15) is 5.26 Å². The van der Waals surface area contributed by atoms with E-state index in [-0.39, 0.29) is 11.9 Å². The molecule has 0 spiro atoms. The minimum Gasteiger partial charge on any atom is -0.469 e. The van der Waals surface area contributed by atoms with Gasteiger partial charge in [0.1, 0.15) is 0 Å². The Labute approximate surface area is 113 Å². The van der Waals surface area contributed by atoms with Crippen molar-refractivity contribution in [3.8, 4) is 6.07 Å². The Morgan fingerprint density at radius 1 is 1.37 bits per heavy atom. The van der Waals surface area contributed by atoms with Gasteiger partial charge in [0.25, 0.3) is 0 Å². The van der Waals surface area contributed by atoms with Crippen LogP contribution in [0.4, 0.5) is 0 Å². The fraction of sp³-hybridized carbons (Fsp3) is 0.467. The molecule has 0 atom stereocenters. The zero-order valence-corrected chi connectivity index (χ0v) is 11.1. The van der Waals surface area contributed by atoms with Crippen molar-refractivity contribution >= 4 is 5.97 Å². The molecule has 0 saturated carbocycles.